The average Bonchev–Trinajstić information content (AvgIpc) is 2.79. The van der Waals surface area contributed by atoms with Crippen molar-refractivity contribution >= 4 is 39.8 Å². The number of nitrogen functional groups attached to an aromatic ring is 1. The zero-order valence-corrected chi connectivity index (χ0v) is 11.8. The molecule has 2 aromatic rings. The molecule has 7 heteroatoms. The predicted octanol–water partition coefficient (Wildman–Crippen LogP) is 2.35. The fraction of sp³-hybridized carbons (Fsp3) is 0.167. The largest absolute Gasteiger partial charge is 0.382 e. The maximum absolute atomic E-state index is 12.0. The lowest BCUT2D eigenvalue weighted by atomic mass is 10.2. The molecule has 2 rings (SSSR count). The number of hydrogen-bond acceptors (Lipinski definition) is 5. The number of benzene rings is 1. The van der Waals surface area contributed by atoms with Crippen LogP contribution in [-0.2, 0) is 6.54 Å². The Balaban J connectivity index is 2.05. The molecule has 5 nitrogen and oxygen atoms in total. The van der Waals surface area contributed by atoms with Crippen molar-refractivity contribution in [2.45, 2.75) is 6.54 Å². The highest BCUT2D eigenvalue weighted by atomic mass is 35.5. The van der Waals surface area contributed by atoms with E-state index in [1.54, 1.807) is 13.1 Å². The molecule has 0 fully saturated rings. The van der Waals surface area contributed by atoms with Gasteiger partial charge in [-0.2, -0.15) is 0 Å². The van der Waals surface area contributed by atoms with E-state index < -0.39 is 0 Å². The quantitative estimate of drug-likeness (QED) is 0.809. The Morgan fingerprint density at radius 3 is 2.84 bits per heavy atom. The van der Waals surface area contributed by atoms with E-state index in [0.29, 0.717) is 21.6 Å². The Morgan fingerprint density at radius 1 is 1.47 bits per heavy atom. The number of carbonyl (C=O) groups excluding carboxylic acids is 1. The summed E-state index contributed by atoms with van der Waals surface area (Å²) >= 11 is 7.23. The minimum absolute atomic E-state index is 0.228. The molecule has 100 valence electrons. The van der Waals surface area contributed by atoms with E-state index in [1.807, 2.05) is 18.2 Å². The molecule has 0 saturated carbocycles. The number of amides is 1. The van der Waals surface area contributed by atoms with E-state index in [1.165, 1.54) is 11.3 Å². The van der Waals surface area contributed by atoms with Crippen LogP contribution in [0.5, 0.6) is 0 Å². The highest BCUT2D eigenvalue weighted by Gasteiger charge is 2.15. The van der Waals surface area contributed by atoms with Gasteiger partial charge in [0.2, 0.25) is 0 Å². The van der Waals surface area contributed by atoms with Crippen LogP contribution in [0.4, 0.5) is 10.9 Å². The Kier molecular flexibility index (Phi) is 4.24. The average molecular weight is 297 g/mol. The van der Waals surface area contributed by atoms with Crippen LogP contribution < -0.4 is 16.4 Å². The van der Waals surface area contributed by atoms with Gasteiger partial charge in [-0.05, 0) is 11.6 Å². The SMILES string of the molecule is CNc1nc(N)c(C(=O)NCc2ccccc2Cl)s1. The fourth-order valence-electron chi connectivity index (χ4n) is 1.50. The lowest BCUT2D eigenvalue weighted by molar-refractivity contribution is 0.0955. The molecule has 1 amide bonds. The topological polar surface area (TPSA) is 80.0 Å². The smallest absolute Gasteiger partial charge is 0.265 e. The molecule has 0 unspecified atom stereocenters. The zero-order valence-electron chi connectivity index (χ0n) is 10.2. The van der Waals surface area contributed by atoms with Crippen molar-refractivity contribution in [3.8, 4) is 0 Å². The monoisotopic (exact) mass is 296 g/mol. The summed E-state index contributed by atoms with van der Waals surface area (Å²) in [6, 6.07) is 7.35. The molecule has 1 aromatic heterocycles. The van der Waals surface area contributed by atoms with Gasteiger partial charge in [0.1, 0.15) is 10.7 Å². The summed E-state index contributed by atoms with van der Waals surface area (Å²) in [7, 11) is 1.73. The fourth-order valence-corrected chi connectivity index (χ4v) is 2.46. The standard InChI is InChI=1S/C12H13ClN4OS/c1-15-12-17-10(14)9(19-12)11(18)16-6-7-4-2-3-5-8(7)13/h2-5H,6,14H2,1H3,(H,15,17)(H,16,18). The molecule has 0 aliphatic carbocycles. The molecular weight excluding hydrogens is 284 g/mol. The van der Waals surface area contributed by atoms with Crippen molar-refractivity contribution in [3.63, 3.8) is 0 Å². The number of carbonyl (C=O) groups is 1. The molecule has 0 saturated heterocycles. The molecule has 4 N–H and O–H groups in total. The van der Waals surface area contributed by atoms with E-state index in [2.05, 4.69) is 15.6 Å². The van der Waals surface area contributed by atoms with Gasteiger partial charge < -0.3 is 16.4 Å². The zero-order chi connectivity index (χ0) is 13.8. The first kappa shape index (κ1) is 13.6. The number of rotatable bonds is 4. The molecule has 0 radical (unpaired) electrons. The third kappa shape index (κ3) is 3.15. The molecule has 19 heavy (non-hydrogen) atoms. The van der Waals surface area contributed by atoms with Crippen LogP contribution in [0.15, 0.2) is 24.3 Å². The Morgan fingerprint density at radius 2 is 2.21 bits per heavy atom. The van der Waals surface area contributed by atoms with Crippen LogP contribution in [-0.4, -0.2) is 17.9 Å². The second kappa shape index (κ2) is 5.90. The summed E-state index contributed by atoms with van der Waals surface area (Å²) in [5, 5.41) is 6.86. The van der Waals surface area contributed by atoms with Gasteiger partial charge in [0.25, 0.3) is 5.91 Å². The van der Waals surface area contributed by atoms with E-state index in [-0.39, 0.29) is 11.7 Å². The van der Waals surface area contributed by atoms with E-state index in [4.69, 9.17) is 17.3 Å². The number of thiazole rings is 1. The van der Waals surface area contributed by atoms with Crippen molar-refractivity contribution < 1.29 is 4.79 Å². The predicted molar refractivity (Wildman–Crippen MR) is 78.7 cm³/mol. The Hall–Kier alpha value is -1.79. The van der Waals surface area contributed by atoms with Crippen LogP contribution in [0.25, 0.3) is 0 Å². The minimum Gasteiger partial charge on any atom is -0.382 e. The number of anilines is 2. The second-order valence-electron chi connectivity index (χ2n) is 3.76. The first-order valence-electron chi connectivity index (χ1n) is 5.57. The van der Waals surface area contributed by atoms with Gasteiger partial charge in [-0.3, -0.25) is 4.79 Å². The summed E-state index contributed by atoms with van der Waals surface area (Å²) in [5.74, 6) is -0.0255. The molecule has 0 aliphatic rings. The van der Waals surface area contributed by atoms with Gasteiger partial charge in [-0.15, -0.1) is 0 Å². The van der Waals surface area contributed by atoms with Crippen molar-refractivity contribution in [3.05, 3.63) is 39.7 Å². The number of aromatic nitrogens is 1. The van der Waals surface area contributed by atoms with Gasteiger partial charge >= 0.3 is 0 Å². The second-order valence-corrected chi connectivity index (χ2v) is 5.16. The van der Waals surface area contributed by atoms with Crippen LogP contribution >= 0.6 is 22.9 Å². The highest BCUT2D eigenvalue weighted by Crippen LogP contribution is 2.24. The summed E-state index contributed by atoms with van der Waals surface area (Å²) < 4.78 is 0. The molecule has 0 atom stereocenters. The van der Waals surface area contributed by atoms with Gasteiger partial charge in [0, 0.05) is 18.6 Å². The normalized spacial score (nSPS) is 10.2. The lowest BCUT2D eigenvalue weighted by Gasteiger charge is -2.05. The number of nitrogens with zero attached hydrogens (tertiary/aromatic N) is 1. The van der Waals surface area contributed by atoms with Crippen LogP contribution in [0.3, 0.4) is 0 Å². The minimum atomic E-state index is -0.253. The third-order valence-electron chi connectivity index (χ3n) is 2.47. The van der Waals surface area contributed by atoms with Gasteiger partial charge in [0.15, 0.2) is 5.13 Å². The first-order chi connectivity index (χ1) is 9.11. The number of nitrogens with two attached hydrogens (primary N) is 1. The van der Waals surface area contributed by atoms with Gasteiger partial charge in [-0.25, -0.2) is 4.98 Å². The Bertz CT molecular complexity index is 599. The van der Waals surface area contributed by atoms with Crippen molar-refractivity contribution in [2.75, 3.05) is 18.1 Å². The molecule has 1 heterocycles. The van der Waals surface area contributed by atoms with Crippen molar-refractivity contribution in [2.24, 2.45) is 0 Å². The summed E-state index contributed by atoms with van der Waals surface area (Å²) in [4.78, 5) is 16.4. The number of nitrogens with one attached hydrogen (secondary N) is 2. The van der Waals surface area contributed by atoms with E-state index in [0.717, 1.165) is 5.56 Å². The van der Waals surface area contributed by atoms with Gasteiger partial charge in [0.05, 0.1) is 0 Å². The lowest BCUT2D eigenvalue weighted by Crippen LogP contribution is -2.22. The van der Waals surface area contributed by atoms with Gasteiger partial charge in [-0.1, -0.05) is 41.1 Å². The summed E-state index contributed by atoms with van der Waals surface area (Å²) in [5.41, 5.74) is 6.55. The Labute approximate surface area is 119 Å². The van der Waals surface area contributed by atoms with Crippen LogP contribution in [0, 0.1) is 0 Å². The number of hydrogen-bond donors (Lipinski definition) is 3. The van der Waals surface area contributed by atoms with Crippen LogP contribution in [0.1, 0.15) is 15.2 Å². The van der Waals surface area contributed by atoms with Crippen molar-refractivity contribution in [1.29, 1.82) is 0 Å². The molecule has 1 aromatic carbocycles. The third-order valence-corrected chi connectivity index (χ3v) is 3.93. The maximum atomic E-state index is 12.0. The maximum Gasteiger partial charge on any atom is 0.265 e. The molecule has 0 spiro atoms. The van der Waals surface area contributed by atoms with Crippen LogP contribution in [0.2, 0.25) is 5.02 Å². The first-order valence-corrected chi connectivity index (χ1v) is 6.77. The summed E-state index contributed by atoms with van der Waals surface area (Å²) in [6.45, 7) is 0.352. The van der Waals surface area contributed by atoms with Crippen molar-refractivity contribution in [1.82, 2.24) is 10.3 Å². The molecule has 0 aliphatic heterocycles. The summed E-state index contributed by atoms with van der Waals surface area (Å²) in [6.07, 6.45) is 0. The van der Waals surface area contributed by atoms with E-state index in [9.17, 15) is 4.79 Å². The highest BCUT2D eigenvalue weighted by molar-refractivity contribution is 7.18. The molecule has 0 bridgehead atoms. The molecular formula is C12H13ClN4OS. The van der Waals surface area contributed by atoms with E-state index >= 15 is 0 Å². The number of halogens is 1.